The van der Waals surface area contributed by atoms with Crippen molar-refractivity contribution in [2.45, 2.75) is 32.2 Å². The number of pyridine rings is 1. The molecule has 1 aromatic rings. The molecule has 0 aromatic carbocycles. The summed E-state index contributed by atoms with van der Waals surface area (Å²) in [7, 11) is 0. The van der Waals surface area contributed by atoms with Crippen LogP contribution in [0.15, 0.2) is 18.5 Å². The van der Waals surface area contributed by atoms with Crippen LogP contribution in [0.5, 0.6) is 0 Å². The van der Waals surface area contributed by atoms with Crippen molar-refractivity contribution in [3.05, 3.63) is 29.6 Å². The van der Waals surface area contributed by atoms with E-state index < -0.39 is 0 Å². The van der Waals surface area contributed by atoms with E-state index in [1.165, 1.54) is 11.1 Å². The molecule has 1 aliphatic carbocycles. The van der Waals surface area contributed by atoms with Gasteiger partial charge in [0.15, 0.2) is 0 Å². The van der Waals surface area contributed by atoms with Crippen LogP contribution in [-0.2, 0) is 6.42 Å². The predicted octanol–water partition coefficient (Wildman–Crippen LogP) is 1.70. The Kier molecular flexibility index (Phi) is 2.08. The maximum absolute atomic E-state index is 5.98. The zero-order chi connectivity index (χ0) is 9.42. The maximum Gasteiger partial charge on any atom is 0.0302 e. The van der Waals surface area contributed by atoms with Crippen LogP contribution in [0.1, 0.15) is 30.9 Å². The van der Waals surface area contributed by atoms with E-state index >= 15 is 0 Å². The minimum absolute atomic E-state index is 0.249. The van der Waals surface area contributed by atoms with Crippen molar-refractivity contribution in [3.63, 3.8) is 0 Å². The zero-order valence-electron chi connectivity index (χ0n) is 8.20. The van der Waals surface area contributed by atoms with Crippen LogP contribution >= 0.6 is 0 Å². The summed E-state index contributed by atoms with van der Waals surface area (Å²) in [4.78, 5) is 4.14. The molecule has 0 spiro atoms. The highest BCUT2D eigenvalue weighted by atomic mass is 14.7. The molecule has 0 amide bonds. The third-order valence-corrected chi connectivity index (χ3v) is 3.02. The van der Waals surface area contributed by atoms with Crippen molar-refractivity contribution in [2.75, 3.05) is 0 Å². The van der Waals surface area contributed by atoms with Crippen LogP contribution in [0.4, 0.5) is 0 Å². The van der Waals surface area contributed by atoms with E-state index in [4.69, 9.17) is 5.73 Å². The van der Waals surface area contributed by atoms with Gasteiger partial charge in [-0.3, -0.25) is 4.98 Å². The monoisotopic (exact) mass is 176 g/mol. The highest BCUT2D eigenvalue weighted by molar-refractivity contribution is 5.34. The highest BCUT2D eigenvalue weighted by Crippen LogP contribution is 2.38. The zero-order valence-corrected chi connectivity index (χ0v) is 8.20. The Labute approximate surface area is 79.2 Å². The summed E-state index contributed by atoms with van der Waals surface area (Å²) in [5, 5.41) is 0. The van der Waals surface area contributed by atoms with Gasteiger partial charge in [-0.2, -0.15) is 0 Å². The van der Waals surface area contributed by atoms with Gasteiger partial charge in [0, 0.05) is 24.4 Å². The first-order valence-electron chi connectivity index (χ1n) is 4.88. The first-order valence-corrected chi connectivity index (χ1v) is 4.88. The fraction of sp³-hybridized carbons (Fsp3) is 0.545. The standard InChI is InChI=1S/C11H16N2/c1-7-5-9-6-13-4-3-10(9)11(7)8(2)12/h3-4,6-8,11H,5,12H2,1-2H3. The summed E-state index contributed by atoms with van der Waals surface area (Å²) in [5.74, 6) is 1.19. The Hall–Kier alpha value is -0.890. The molecular weight excluding hydrogens is 160 g/mol. The third-order valence-electron chi connectivity index (χ3n) is 3.02. The Morgan fingerprint density at radius 2 is 2.38 bits per heavy atom. The van der Waals surface area contributed by atoms with Crippen molar-refractivity contribution in [1.29, 1.82) is 0 Å². The minimum Gasteiger partial charge on any atom is -0.327 e. The molecule has 2 N–H and O–H groups in total. The number of aromatic nitrogens is 1. The van der Waals surface area contributed by atoms with Gasteiger partial charge in [0.1, 0.15) is 0 Å². The molecule has 0 saturated carbocycles. The summed E-state index contributed by atoms with van der Waals surface area (Å²) in [6, 6.07) is 2.37. The molecule has 0 saturated heterocycles. The molecule has 2 nitrogen and oxygen atoms in total. The van der Waals surface area contributed by atoms with E-state index in [-0.39, 0.29) is 6.04 Å². The number of hydrogen-bond donors (Lipinski definition) is 1. The molecular formula is C11H16N2. The van der Waals surface area contributed by atoms with Crippen molar-refractivity contribution < 1.29 is 0 Å². The number of nitrogens with zero attached hydrogens (tertiary/aromatic N) is 1. The van der Waals surface area contributed by atoms with Crippen molar-refractivity contribution in [1.82, 2.24) is 4.98 Å². The lowest BCUT2D eigenvalue weighted by atomic mass is 9.88. The first kappa shape index (κ1) is 8.70. The summed E-state index contributed by atoms with van der Waals surface area (Å²) >= 11 is 0. The molecule has 0 radical (unpaired) electrons. The molecule has 13 heavy (non-hydrogen) atoms. The number of fused-ring (bicyclic) bond motifs is 1. The molecule has 3 atom stereocenters. The van der Waals surface area contributed by atoms with E-state index in [0.29, 0.717) is 11.8 Å². The summed E-state index contributed by atoms with van der Waals surface area (Å²) < 4.78 is 0. The number of rotatable bonds is 1. The molecule has 1 heterocycles. The van der Waals surface area contributed by atoms with Crippen LogP contribution in [0.25, 0.3) is 0 Å². The van der Waals surface area contributed by atoms with Gasteiger partial charge in [0.25, 0.3) is 0 Å². The molecule has 70 valence electrons. The van der Waals surface area contributed by atoms with Crippen LogP contribution in [0.3, 0.4) is 0 Å². The quantitative estimate of drug-likeness (QED) is 0.707. The van der Waals surface area contributed by atoms with Gasteiger partial charge in [0.05, 0.1) is 0 Å². The second kappa shape index (κ2) is 3.11. The summed E-state index contributed by atoms with van der Waals surface area (Å²) in [5.41, 5.74) is 8.78. The van der Waals surface area contributed by atoms with E-state index in [0.717, 1.165) is 6.42 Å². The van der Waals surface area contributed by atoms with Crippen LogP contribution < -0.4 is 5.73 Å². The minimum atomic E-state index is 0.249. The van der Waals surface area contributed by atoms with Crippen molar-refractivity contribution in [3.8, 4) is 0 Å². The molecule has 1 aliphatic rings. The van der Waals surface area contributed by atoms with Gasteiger partial charge in [-0.1, -0.05) is 6.92 Å². The van der Waals surface area contributed by atoms with Crippen LogP contribution in [0, 0.1) is 5.92 Å². The number of hydrogen-bond acceptors (Lipinski definition) is 2. The van der Waals surface area contributed by atoms with E-state index in [9.17, 15) is 0 Å². The Morgan fingerprint density at radius 3 is 3.08 bits per heavy atom. The Balaban J connectivity index is 2.40. The second-order valence-electron chi connectivity index (χ2n) is 4.14. The smallest absolute Gasteiger partial charge is 0.0302 e. The van der Waals surface area contributed by atoms with E-state index in [2.05, 4.69) is 24.9 Å². The van der Waals surface area contributed by atoms with Gasteiger partial charge in [-0.05, 0) is 36.5 Å². The van der Waals surface area contributed by atoms with Gasteiger partial charge in [-0.25, -0.2) is 0 Å². The average molecular weight is 176 g/mol. The van der Waals surface area contributed by atoms with Gasteiger partial charge in [0.2, 0.25) is 0 Å². The topological polar surface area (TPSA) is 38.9 Å². The highest BCUT2D eigenvalue weighted by Gasteiger charge is 2.31. The molecule has 0 aliphatic heterocycles. The fourth-order valence-corrected chi connectivity index (χ4v) is 2.52. The number of nitrogens with two attached hydrogens (primary N) is 1. The largest absolute Gasteiger partial charge is 0.327 e. The summed E-state index contributed by atoms with van der Waals surface area (Å²) in [6.07, 6.45) is 4.98. The molecule has 0 fully saturated rings. The van der Waals surface area contributed by atoms with Gasteiger partial charge in [-0.15, -0.1) is 0 Å². The van der Waals surface area contributed by atoms with E-state index in [1.54, 1.807) is 0 Å². The van der Waals surface area contributed by atoms with Crippen LogP contribution in [0.2, 0.25) is 0 Å². The fourth-order valence-electron chi connectivity index (χ4n) is 2.52. The van der Waals surface area contributed by atoms with Crippen molar-refractivity contribution >= 4 is 0 Å². The Morgan fingerprint density at radius 1 is 1.62 bits per heavy atom. The Bertz CT molecular complexity index is 307. The molecule has 1 aromatic heterocycles. The normalized spacial score (nSPS) is 28.5. The molecule has 0 bridgehead atoms. The van der Waals surface area contributed by atoms with Gasteiger partial charge >= 0.3 is 0 Å². The summed E-state index contributed by atoms with van der Waals surface area (Å²) in [6.45, 7) is 4.37. The van der Waals surface area contributed by atoms with E-state index in [1.807, 2.05) is 12.4 Å². The third kappa shape index (κ3) is 1.35. The second-order valence-corrected chi connectivity index (χ2v) is 4.14. The lowest BCUT2D eigenvalue weighted by Crippen LogP contribution is -2.26. The lowest BCUT2D eigenvalue weighted by molar-refractivity contribution is 0.439. The van der Waals surface area contributed by atoms with Gasteiger partial charge < -0.3 is 5.73 Å². The lowest BCUT2D eigenvalue weighted by Gasteiger charge is -2.20. The van der Waals surface area contributed by atoms with Crippen LogP contribution in [-0.4, -0.2) is 11.0 Å². The average Bonchev–Trinajstić information content (AvgIpc) is 2.39. The molecule has 2 heteroatoms. The first-order chi connectivity index (χ1) is 6.20. The molecule has 3 unspecified atom stereocenters. The predicted molar refractivity (Wildman–Crippen MR) is 53.5 cm³/mol. The SMILES string of the molecule is CC(N)C1c2ccncc2CC1C. The molecule has 2 rings (SSSR count). The maximum atomic E-state index is 5.98. The van der Waals surface area contributed by atoms with Crippen molar-refractivity contribution in [2.24, 2.45) is 11.7 Å².